The molecule has 0 bridgehead atoms. The van der Waals surface area contributed by atoms with Crippen LogP contribution in [-0.4, -0.2) is 43.9 Å². The highest BCUT2D eigenvalue weighted by Gasteiger charge is 2.24. The Hall–Kier alpha value is -0.850. The van der Waals surface area contributed by atoms with Crippen molar-refractivity contribution in [3.63, 3.8) is 0 Å². The van der Waals surface area contributed by atoms with Gasteiger partial charge in [0.2, 0.25) is 5.88 Å². The molecule has 114 valence electrons. The number of methoxy groups -OCH3 is 1. The third-order valence-electron chi connectivity index (χ3n) is 3.89. The first kappa shape index (κ1) is 15.5. The predicted molar refractivity (Wildman–Crippen MR) is 82.7 cm³/mol. The summed E-state index contributed by atoms with van der Waals surface area (Å²) in [7, 11) is 5.63. The van der Waals surface area contributed by atoms with Crippen LogP contribution in [0.25, 0.3) is 0 Å². The van der Waals surface area contributed by atoms with E-state index in [1.165, 1.54) is 12.8 Å². The summed E-state index contributed by atoms with van der Waals surface area (Å²) >= 11 is 1.65. The molecule has 1 saturated carbocycles. The van der Waals surface area contributed by atoms with Crippen LogP contribution < -0.4 is 15.0 Å². The molecular weight excluding hydrogens is 274 g/mol. The minimum Gasteiger partial charge on any atom is -0.480 e. The van der Waals surface area contributed by atoms with Crippen molar-refractivity contribution in [1.82, 2.24) is 10.3 Å². The van der Waals surface area contributed by atoms with Crippen molar-refractivity contribution in [2.45, 2.75) is 38.3 Å². The smallest absolute Gasteiger partial charge is 0.230 e. The summed E-state index contributed by atoms with van der Waals surface area (Å²) in [6.45, 7) is 1.04. The van der Waals surface area contributed by atoms with E-state index in [2.05, 4.69) is 10.3 Å². The Morgan fingerprint density at radius 3 is 2.80 bits per heavy atom. The molecule has 2 rings (SSSR count). The zero-order valence-electron chi connectivity index (χ0n) is 12.6. The number of nitrogens with one attached hydrogen (secondary N) is 1. The van der Waals surface area contributed by atoms with Gasteiger partial charge in [-0.1, -0.05) is 24.2 Å². The van der Waals surface area contributed by atoms with Crippen LogP contribution in [0.1, 0.15) is 30.6 Å². The standard InChI is InChI=1S/C14H25N3O2S/c1-17(2)14-16-13(19-3)12(20-14)8-15-11-7-5-4-6-10(11)9-18/h10-11,15,18H,4-9H2,1-3H3. The van der Waals surface area contributed by atoms with Gasteiger partial charge in [0, 0.05) is 33.3 Å². The van der Waals surface area contributed by atoms with Gasteiger partial charge in [-0.25, -0.2) is 0 Å². The molecule has 0 aromatic carbocycles. The number of ether oxygens (including phenoxy) is 1. The minimum atomic E-state index is 0.278. The molecular formula is C14H25N3O2S. The number of thiazole rings is 1. The molecule has 2 atom stereocenters. The van der Waals surface area contributed by atoms with Gasteiger partial charge < -0.3 is 20.1 Å². The molecule has 1 heterocycles. The highest BCUT2D eigenvalue weighted by Crippen LogP contribution is 2.31. The zero-order chi connectivity index (χ0) is 14.5. The molecule has 1 aliphatic rings. The van der Waals surface area contributed by atoms with Gasteiger partial charge in [-0.3, -0.25) is 0 Å². The number of hydrogen-bond donors (Lipinski definition) is 2. The Bertz CT molecular complexity index is 423. The quantitative estimate of drug-likeness (QED) is 0.839. The lowest BCUT2D eigenvalue weighted by Crippen LogP contribution is -2.39. The van der Waals surface area contributed by atoms with E-state index < -0.39 is 0 Å². The highest BCUT2D eigenvalue weighted by molar-refractivity contribution is 7.15. The largest absolute Gasteiger partial charge is 0.480 e. The molecule has 1 aromatic heterocycles. The summed E-state index contributed by atoms with van der Waals surface area (Å²) < 4.78 is 5.35. The number of hydrogen-bond acceptors (Lipinski definition) is 6. The van der Waals surface area contributed by atoms with Gasteiger partial charge in [0.1, 0.15) is 0 Å². The molecule has 0 spiro atoms. The first-order valence-corrected chi connectivity index (χ1v) is 8.02. The third kappa shape index (κ3) is 3.62. The van der Waals surface area contributed by atoms with E-state index in [0.29, 0.717) is 17.8 Å². The second kappa shape index (κ2) is 7.24. The van der Waals surface area contributed by atoms with Gasteiger partial charge >= 0.3 is 0 Å². The molecule has 0 saturated heterocycles. The lowest BCUT2D eigenvalue weighted by Gasteiger charge is -2.30. The second-order valence-corrected chi connectivity index (χ2v) is 6.60. The van der Waals surface area contributed by atoms with E-state index >= 15 is 0 Å². The second-order valence-electron chi connectivity index (χ2n) is 5.54. The maximum absolute atomic E-state index is 9.46. The number of aliphatic hydroxyl groups excluding tert-OH is 1. The van der Waals surface area contributed by atoms with E-state index in [0.717, 1.165) is 29.4 Å². The Morgan fingerprint density at radius 1 is 1.40 bits per heavy atom. The first-order valence-electron chi connectivity index (χ1n) is 7.21. The van der Waals surface area contributed by atoms with E-state index in [1.54, 1.807) is 18.4 Å². The molecule has 5 nitrogen and oxygen atoms in total. The number of anilines is 1. The van der Waals surface area contributed by atoms with Crippen LogP contribution in [0.4, 0.5) is 5.13 Å². The highest BCUT2D eigenvalue weighted by atomic mass is 32.1. The number of aliphatic hydroxyl groups is 1. The number of rotatable bonds is 6. The number of nitrogens with zero attached hydrogens (tertiary/aromatic N) is 2. The molecule has 2 N–H and O–H groups in total. The number of aromatic nitrogens is 1. The average molecular weight is 299 g/mol. The van der Waals surface area contributed by atoms with E-state index in [9.17, 15) is 5.11 Å². The molecule has 6 heteroatoms. The molecule has 1 aromatic rings. The minimum absolute atomic E-state index is 0.278. The lowest BCUT2D eigenvalue weighted by molar-refractivity contribution is 0.152. The third-order valence-corrected chi connectivity index (χ3v) is 5.10. The molecule has 1 aliphatic carbocycles. The van der Waals surface area contributed by atoms with E-state index in [4.69, 9.17) is 4.74 Å². The van der Waals surface area contributed by atoms with Crippen molar-refractivity contribution in [2.75, 3.05) is 32.7 Å². The van der Waals surface area contributed by atoms with E-state index in [1.807, 2.05) is 19.0 Å². The fourth-order valence-corrected chi connectivity index (χ4v) is 3.61. The van der Waals surface area contributed by atoms with Crippen molar-refractivity contribution in [2.24, 2.45) is 5.92 Å². The van der Waals surface area contributed by atoms with Crippen LogP contribution in [0.5, 0.6) is 5.88 Å². The zero-order valence-corrected chi connectivity index (χ0v) is 13.4. The van der Waals surface area contributed by atoms with Gasteiger partial charge in [-0.05, 0) is 18.8 Å². The summed E-state index contributed by atoms with van der Waals surface area (Å²) in [6.07, 6.45) is 4.75. The fraction of sp³-hybridized carbons (Fsp3) is 0.786. The van der Waals surface area contributed by atoms with Crippen LogP contribution in [0.2, 0.25) is 0 Å². The van der Waals surface area contributed by atoms with Crippen LogP contribution in [0.15, 0.2) is 0 Å². The van der Waals surface area contributed by atoms with Gasteiger partial charge in [-0.2, -0.15) is 4.98 Å². The normalized spacial score (nSPS) is 22.8. The van der Waals surface area contributed by atoms with Crippen molar-refractivity contribution in [3.8, 4) is 5.88 Å². The van der Waals surface area contributed by atoms with Crippen LogP contribution in [0.3, 0.4) is 0 Å². The Kier molecular flexibility index (Phi) is 5.63. The van der Waals surface area contributed by atoms with Crippen LogP contribution in [-0.2, 0) is 6.54 Å². The Labute approximate surface area is 125 Å². The molecule has 0 aliphatic heterocycles. The van der Waals surface area contributed by atoms with Gasteiger partial charge in [0.05, 0.1) is 12.0 Å². The molecule has 1 fully saturated rings. The Morgan fingerprint density at radius 2 is 2.15 bits per heavy atom. The Balaban J connectivity index is 1.98. The van der Waals surface area contributed by atoms with Gasteiger partial charge in [0.25, 0.3) is 0 Å². The lowest BCUT2D eigenvalue weighted by atomic mass is 9.85. The first-order chi connectivity index (χ1) is 9.65. The molecule has 2 unspecified atom stereocenters. The molecule has 20 heavy (non-hydrogen) atoms. The summed E-state index contributed by atoms with van der Waals surface area (Å²) in [5.41, 5.74) is 0. The topological polar surface area (TPSA) is 57.6 Å². The molecule has 0 amide bonds. The summed E-state index contributed by atoms with van der Waals surface area (Å²) in [5.74, 6) is 1.10. The predicted octanol–water partition coefficient (Wildman–Crippen LogP) is 1.86. The van der Waals surface area contributed by atoms with Crippen LogP contribution >= 0.6 is 11.3 Å². The van der Waals surface area contributed by atoms with Crippen molar-refractivity contribution in [1.29, 1.82) is 0 Å². The van der Waals surface area contributed by atoms with Crippen molar-refractivity contribution < 1.29 is 9.84 Å². The van der Waals surface area contributed by atoms with Gasteiger partial charge in [-0.15, -0.1) is 0 Å². The van der Waals surface area contributed by atoms with Crippen molar-refractivity contribution >= 4 is 16.5 Å². The van der Waals surface area contributed by atoms with Crippen molar-refractivity contribution in [3.05, 3.63) is 4.88 Å². The molecule has 0 radical (unpaired) electrons. The SMILES string of the molecule is COc1nc(N(C)C)sc1CNC1CCCCC1CO. The van der Waals surface area contributed by atoms with Gasteiger partial charge in [0.15, 0.2) is 5.13 Å². The fourth-order valence-electron chi connectivity index (χ4n) is 2.71. The summed E-state index contributed by atoms with van der Waals surface area (Å²) in [6, 6.07) is 0.406. The average Bonchev–Trinajstić information content (AvgIpc) is 2.89. The van der Waals surface area contributed by atoms with Crippen LogP contribution in [0, 0.1) is 5.92 Å². The maximum atomic E-state index is 9.46. The summed E-state index contributed by atoms with van der Waals surface area (Å²) in [5, 5.41) is 14.0. The van der Waals surface area contributed by atoms with E-state index in [-0.39, 0.29) is 6.61 Å². The maximum Gasteiger partial charge on any atom is 0.230 e. The monoisotopic (exact) mass is 299 g/mol. The summed E-state index contributed by atoms with van der Waals surface area (Å²) in [4.78, 5) is 7.58.